The second kappa shape index (κ2) is 9.71. The lowest BCUT2D eigenvalue weighted by atomic mass is 10.0. The fourth-order valence-corrected chi connectivity index (χ4v) is 5.34. The van der Waals surface area contributed by atoms with E-state index in [-0.39, 0.29) is 10.7 Å². The van der Waals surface area contributed by atoms with E-state index in [4.69, 9.17) is 21.1 Å². The lowest BCUT2D eigenvalue weighted by Gasteiger charge is -2.14. The normalized spacial score (nSPS) is 11.1. The van der Waals surface area contributed by atoms with Gasteiger partial charge in [-0.05, 0) is 26.0 Å². The number of hydrogen-bond donors (Lipinski definition) is 1. The summed E-state index contributed by atoms with van der Waals surface area (Å²) >= 11 is 7.74. The molecule has 5 aromatic heterocycles. The maximum Gasteiger partial charge on any atom is 0.261 e. The molecule has 0 bridgehead atoms. The zero-order valence-corrected chi connectivity index (χ0v) is 22.1. The zero-order chi connectivity index (χ0) is 26.3. The second-order valence-electron chi connectivity index (χ2n) is 8.03. The highest BCUT2D eigenvalue weighted by atomic mass is 35.5. The number of nitrogens with one attached hydrogen (secondary N) is 1. The molecule has 5 rings (SSSR count). The molecule has 0 spiro atoms. The van der Waals surface area contributed by atoms with Crippen LogP contribution in [0.25, 0.3) is 32.7 Å². The first-order valence-electron chi connectivity index (χ1n) is 11.0. The van der Waals surface area contributed by atoms with Crippen LogP contribution >= 0.6 is 22.9 Å². The van der Waals surface area contributed by atoms with Crippen LogP contribution in [0.15, 0.2) is 30.7 Å². The molecule has 11 nitrogen and oxygen atoms in total. The minimum Gasteiger partial charge on any atom is -0.494 e. The molecule has 1 N–H and O–H groups in total. The lowest BCUT2D eigenvalue weighted by Crippen LogP contribution is -2.15. The number of hydrogen-bond acceptors (Lipinski definition) is 10. The highest BCUT2D eigenvalue weighted by Gasteiger charge is 2.24. The van der Waals surface area contributed by atoms with Crippen LogP contribution in [-0.4, -0.2) is 55.1 Å². The lowest BCUT2D eigenvalue weighted by molar-refractivity contribution is 0.102. The Morgan fingerprint density at radius 3 is 2.65 bits per heavy atom. The van der Waals surface area contributed by atoms with Crippen molar-refractivity contribution in [2.45, 2.75) is 13.8 Å². The number of carbonyl (C=O) groups excluding carboxylic acids is 1. The van der Waals surface area contributed by atoms with Crippen LogP contribution in [0, 0.1) is 13.8 Å². The molecule has 0 aliphatic heterocycles. The SMILES string of the molecule is COc1cnccc1-c1cc(C)nc(Cl)c1C(=O)Nc1nc2cnc(-c3c(C)nnn3C)c(OC)c2s1. The largest absolute Gasteiger partial charge is 0.494 e. The fourth-order valence-electron chi connectivity index (χ4n) is 4.06. The predicted molar refractivity (Wildman–Crippen MR) is 140 cm³/mol. The van der Waals surface area contributed by atoms with Crippen molar-refractivity contribution in [3.8, 4) is 34.0 Å². The average Bonchev–Trinajstić information content (AvgIpc) is 3.44. The van der Waals surface area contributed by atoms with Crippen LogP contribution in [0.3, 0.4) is 0 Å². The molecule has 5 aromatic rings. The first-order valence-corrected chi connectivity index (χ1v) is 12.2. The van der Waals surface area contributed by atoms with Crippen LogP contribution in [0.1, 0.15) is 21.7 Å². The van der Waals surface area contributed by atoms with Crippen LogP contribution < -0.4 is 14.8 Å². The number of aromatic nitrogens is 7. The van der Waals surface area contributed by atoms with Crippen LogP contribution in [0.5, 0.6) is 11.5 Å². The molecule has 0 saturated carbocycles. The molecule has 0 saturated heterocycles. The minimum atomic E-state index is -0.468. The number of thiazole rings is 1. The Labute approximate surface area is 220 Å². The predicted octanol–water partition coefficient (Wildman–Crippen LogP) is 4.48. The molecule has 0 atom stereocenters. The van der Waals surface area contributed by atoms with E-state index in [1.54, 1.807) is 56.5 Å². The van der Waals surface area contributed by atoms with Crippen molar-refractivity contribution in [3.63, 3.8) is 0 Å². The van der Waals surface area contributed by atoms with Crippen LogP contribution in [0.4, 0.5) is 5.13 Å². The molecule has 37 heavy (non-hydrogen) atoms. The van der Waals surface area contributed by atoms with Crippen molar-refractivity contribution >= 4 is 44.2 Å². The highest BCUT2D eigenvalue weighted by Crippen LogP contribution is 2.40. The van der Waals surface area contributed by atoms with Gasteiger partial charge in [0.2, 0.25) is 0 Å². The van der Waals surface area contributed by atoms with Gasteiger partial charge in [0.1, 0.15) is 32.5 Å². The third-order valence-corrected chi connectivity index (χ3v) is 6.92. The average molecular weight is 537 g/mol. The highest BCUT2D eigenvalue weighted by molar-refractivity contribution is 7.22. The fraction of sp³-hybridized carbons (Fsp3) is 0.208. The summed E-state index contributed by atoms with van der Waals surface area (Å²) < 4.78 is 13.5. The molecule has 1 amide bonds. The molecular weight excluding hydrogens is 516 g/mol. The maximum absolute atomic E-state index is 13.5. The van der Waals surface area contributed by atoms with E-state index in [0.29, 0.717) is 55.1 Å². The van der Waals surface area contributed by atoms with Gasteiger partial charge < -0.3 is 9.47 Å². The quantitative estimate of drug-likeness (QED) is 0.312. The molecule has 13 heteroatoms. The van der Waals surface area contributed by atoms with Crippen LogP contribution in [-0.2, 0) is 7.05 Å². The van der Waals surface area contributed by atoms with E-state index >= 15 is 0 Å². The third-order valence-electron chi connectivity index (χ3n) is 5.66. The Morgan fingerprint density at radius 2 is 1.95 bits per heavy atom. The third kappa shape index (κ3) is 4.34. The second-order valence-corrected chi connectivity index (χ2v) is 9.38. The van der Waals surface area contributed by atoms with Gasteiger partial charge in [0.05, 0.1) is 37.9 Å². The number of ether oxygens (including phenoxy) is 2. The number of anilines is 1. The smallest absolute Gasteiger partial charge is 0.261 e. The summed E-state index contributed by atoms with van der Waals surface area (Å²) in [6.45, 7) is 3.65. The molecule has 188 valence electrons. The Kier molecular flexibility index (Phi) is 6.44. The molecule has 0 aliphatic rings. The molecule has 0 aliphatic carbocycles. The summed E-state index contributed by atoms with van der Waals surface area (Å²) in [7, 11) is 4.88. The Bertz CT molecular complexity index is 1650. The number of pyridine rings is 3. The number of fused-ring (bicyclic) bond motifs is 1. The summed E-state index contributed by atoms with van der Waals surface area (Å²) in [5.74, 6) is 0.548. The van der Waals surface area contributed by atoms with Gasteiger partial charge in [-0.1, -0.05) is 28.2 Å². The van der Waals surface area contributed by atoms with E-state index in [2.05, 4.69) is 35.6 Å². The number of carbonyl (C=O) groups is 1. The van der Waals surface area contributed by atoms with Gasteiger partial charge in [-0.2, -0.15) is 0 Å². The monoisotopic (exact) mass is 536 g/mol. The number of aryl methyl sites for hydroxylation is 3. The summed E-state index contributed by atoms with van der Waals surface area (Å²) in [6, 6.07) is 3.53. The zero-order valence-electron chi connectivity index (χ0n) is 20.5. The van der Waals surface area contributed by atoms with Crippen molar-refractivity contribution in [1.82, 2.24) is 34.9 Å². The van der Waals surface area contributed by atoms with Crippen molar-refractivity contribution < 1.29 is 14.3 Å². The van der Waals surface area contributed by atoms with Gasteiger partial charge in [0, 0.05) is 30.1 Å². The first-order chi connectivity index (χ1) is 17.8. The molecular formula is C24H21ClN8O3S. The molecule has 0 fully saturated rings. The standard InChI is InChI=1S/C24H21ClN8O3S/c1-11-8-14(13-6-7-26-10-16(13)35-4)17(22(25)28-11)23(34)30-24-29-15-9-27-18(20(36-5)21(15)37-24)19-12(2)31-32-33(19)3/h6-10H,1-5H3,(H,29,30,34). The number of amides is 1. The number of rotatable bonds is 6. The van der Waals surface area contributed by atoms with E-state index in [1.165, 1.54) is 18.4 Å². The van der Waals surface area contributed by atoms with E-state index in [0.717, 1.165) is 5.69 Å². The van der Waals surface area contributed by atoms with Crippen molar-refractivity contribution in [2.24, 2.45) is 7.05 Å². The number of methoxy groups -OCH3 is 2. The van der Waals surface area contributed by atoms with Gasteiger partial charge in [-0.25, -0.2) is 19.6 Å². The minimum absolute atomic E-state index is 0.0631. The Morgan fingerprint density at radius 1 is 1.14 bits per heavy atom. The number of nitrogens with zero attached hydrogens (tertiary/aromatic N) is 7. The van der Waals surface area contributed by atoms with Crippen molar-refractivity contribution in [3.05, 3.63) is 52.8 Å². The van der Waals surface area contributed by atoms with Gasteiger partial charge in [-0.15, -0.1) is 5.10 Å². The summed E-state index contributed by atoms with van der Waals surface area (Å²) in [4.78, 5) is 31.0. The van der Waals surface area contributed by atoms with E-state index < -0.39 is 5.91 Å². The van der Waals surface area contributed by atoms with Gasteiger partial charge >= 0.3 is 0 Å². The van der Waals surface area contributed by atoms with Crippen LogP contribution in [0.2, 0.25) is 5.15 Å². The summed E-state index contributed by atoms with van der Waals surface area (Å²) in [5.41, 5.74) is 4.66. The molecule has 0 aromatic carbocycles. The van der Waals surface area contributed by atoms with Gasteiger partial charge in [-0.3, -0.25) is 15.1 Å². The van der Waals surface area contributed by atoms with Gasteiger partial charge in [0.15, 0.2) is 10.9 Å². The van der Waals surface area contributed by atoms with Crippen molar-refractivity contribution in [2.75, 3.05) is 19.5 Å². The summed E-state index contributed by atoms with van der Waals surface area (Å²) in [5, 5.41) is 11.4. The molecule has 0 unspecified atom stereocenters. The van der Waals surface area contributed by atoms with E-state index in [1.807, 2.05) is 6.92 Å². The maximum atomic E-state index is 13.5. The Balaban J connectivity index is 1.57. The van der Waals surface area contributed by atoms with E-state index in [9.17, 15) is 4.79 Å². The topological polar surface area (TPSA) is 130 Å². The summed E-state index contributed by atoms with van der Waals surface area (Å²) in [6.07, 6.45) is 4.82. The molecule has 0 radical (unpaired) electrons. The Hall–Kier alpha value is -4.16. The first kappa shape index (κ1) is 24.5. The molecule has 5 heterocycles. The number of halogens is 1. The van der Waals surface area contributed by atoms with Crippen molar-refractivity contribution in [1.29, 1.82) is 0 Å². The van der Waals surface area contributed by atoms with Gasteiger partial charge in [0.25, 0.3) is 5.91 Å².